The molecule has 1 aromatic heterocycles. The van der Waals surface area contributed by atoms with Crippen molar-refractivity contribution in [2.24, 2.45) is 0 Å². The number of carbonyl (C=O) groups is 1. The molecule has 2 unspecified atom stereocenters. The van der Waals surface area contributed by atoms with Crippen molar-refractivity contribution in [3.8, 4) is 0 Å². The molecule has 0 spiro atoms. The van der Waals surface area contributed by atoms with Gasteiger partial charge in [-0.05, 0) is 25.5 Å². The van der Waals surface area contributed by atoms with Gasteiger partial charge in [0.1, 0.15) is 0 Å². The molecule has 1 fully saturated rings. The second-order valence-corrected chi connectivity index (χ2v) is 4.56. The van der Waals surface area contributed by atoms with E-state index in [-0.39, 0.29) is 11.9 Å². The molecule has 2 rings (SSSR count). The van der Waals surface area contributed by atoms with Crippen LogP contribution in [0.25, 0.3) is 0 Å². The molecular weight excluding hydrogens is 224 g/mol. The summed E-state index contributed by atoms with van der Waals surface area (Å²) < 4.78 is 0. The van der Waals surface area contributed by atoms with Crippen LogP contribution in [0.1, 0.15) is 23.7 Å². The Morgan fingerprint density at radius 3 is 3.00 bits per heavy atom. The first-order valence-electron chi connectivity index (χ1n) is 5.22. The van der Waals surface area contributed by atoms with Crippen molar-refractivity contribution >= 4 is 18.5 Å². The number of pyridine rings is 1. The zero-order chi connectivity index (χ0) is 11.7. The molecule has 2 heterocycles. The minimum atomic E-state index is -0.406. The van der Waals surface area contributed by atoms with E-state index in [0.717, 1.165) is 0 Å². The third-order valence-corrected chi connectivity index (χ3v) is 3.05. The van der Waals surface area contributed by atoms with Gasteiger partial charge in [0.15, 0.2) is 0 Å². The fourth-order valence-electron chi connectivity index (χ4n) is 2.00. The maximum atomic E-state index is 12.1. The van der Waals surface area contributed by atoms with E-state index in [4.69, 9.17) is 0 Å². The molecule has 0 aromatic carbocycles. The van der Waals surface area contributed by atoms with Crippen molar-refractivity contribution in [1.82, 2.24) is 9.88 Å². The van der Waals surface area contributed by atoms with Gasteiger partial charge >= 0.3 is 0 Å². The largest absolute Gasteiger partial charge is 0.391 e. The quantitative estimate of drug-likeness (QED) is 0.717. The highest BCUT2D eigenvalue weighted by Gasteiger charge is 2.31. The first-order chi connectivity index (χ1) is 7.58. The van der Waals surface area contributed by atoms with Gasteiger partial charge in [-0.3, -0.25) is 9.78 Å². The Hall–Kier alpha value is -1.07. The third kappa shape index (κ3) is 2.20. The second kappa shape index (κ2) is 4.43. The van der Waals surface area contributed by atoms with Gasteiger partial charge in [-0.15, -0.1) is 12.6 Å². The molecular formula is C11H14N2O2S. The number of aliphatic hydroxyl groups excluding tert-OH is 1. The van der Waals surface area contributed by atoms with E-state index >= 15 is 0 Å². The van der Waals surface area contributed by atoms with E-state index in [0.29, 0.717) is 23.6 Å². The van der Waals surface area contributed by atoms with Crippen molar-refractivity contribution in [2.45, 2.75) is 30.5 Å². The number of thiol groups is 1. The monoisotopic (exact) mass is 238 g/mol. The highest BCUT2D eigenvalue weighted by Crippen LogP contribution is 2.20. The molecule has 0 saturated carbocycles. The molecule has 0 radical (unpaired) electrons. The van der Waals surface area contributed by atoms with Gasteiger partial charge in [0.2, 0.25) is 0 Å². The van der Waals surface area contributed by atoms with Crippen LogP contribution >= 0.6 is 12.6 Å². The maximum absolute atomic E-state index is 12.1. The molecule has 1 aliphatic rings. The van der Waals surface area contributed by atoms with Gasteiger partial charge in [0, 0.05) is 24.3 Å². The Morgan fingerprint density at radius 1 is 1.69 bits per heavy atom. The van der Waals surface area contributed by atoms with E-state index in [1.165, 1.54) is 0 Å². The number of carbonyl (C=O) groups excluding carboxylic acids is 1. The summed E-state index contributed by atoms with van der Waals surface area (Å²) in [6.45, 7) is 2.35. The van der Waals surface area contributed by atoms with E-state index < -0.39 is 6.10 Å². The molecule has 16 heavy (non-hydrogen) atoms. The third-order valence-electron chi connectivity index (χ3n) is 2.81. The summed E-state index contributed by atoms with van der Waals surface area (Å²) in [4.78, 5) is 17.7. The van der Waals surface area contributed by atoms with Gasteiger partial charge in [-0.1, -0.05) is 0 Å². The van der Waals surface area contributed by atoms with Crippen LogP contribution < -0.4 is 0 Å². The van der Waals surface area contributed by atoms with Crippen molar-refractivity contribution in [3.05, 3.63) is 23.9 Å². The fourth-order valence-corrected chi connectivity index (χ4v) is 2.21. The second-order valence-electron chi connectivity index (χ2n) is 4.10. The van der Waals surface area contributed by atoms with Crippen LogP contribution in [-0.2, 0) is 0 Å². The van der Waals surface area contributed by atoms with Crippen molar-refractivity contribution in [2.75, 3.05) is 6.54 Å². The van der Waals surface area contributed by atoms with Crippen LogP contribution in [0.2, 0.25) is 0 Å². The predicted octanol–water partition coefficient (Wildman–Crippen LogP) is 0.966. The Balaban J connectivity index is 2.19. The van der Waals surface area contributed by atoms with Crippen LogP contribution in [0.3, 0.4) is 0 Å². The maximum Gasteiger partial charge on any atom is 0.254 e. The molecule has 1 aromatic rings. The van der Waals surface area contributed by atoms with Crippen molar-refractivity contribution < 1.29 is 9.90 Å². The summed E-state index contributed by atoms with van der Waals surface area (Å²) in [6, 6.07) is 3.39. The summed E-state index contributed by atoms with van der Waals surface area (Å²) in [6.07, 6.45) is 1.80. The highest BCUT2D eigenvalue weighted by atomic mass is 32.1. The number of hydrogen-bond acceptors (Lipinski definition) is 4. The average molecular weight is 238 g/mol. The zero-order valence-electron chi connectivity index (χ0n) is 9.00. The van der Waals surface area contributed by atoms with Gasteiger partial charge in [0.25, 0.3) is 5.91 Å². The number of aliphatic hydroxyl groups is 1. The van der Waals surface area contributed by atoms with Crippen LogP contribution in [0.5, 0.6) is 0 Å². The normalized spacial score (nSPS) is 24.8. The van der Waals surface area contributed by atoms with E-state index in [1.54, 1.807) is 23.2 Å². The first-order valence-corrected chi connectivity index (χ1v) is 5.66. The van der Waals surface area contributed by atoms with Gasteiger partial charge in [-0.25, -0.2) is 0 Å². The smallest absolute Gasteiger partial charge is 0.254 e. The molecule has 5 heteroatoms. The molecule has 4 nitrogen and oxygen atoms in total. The number of nitrogens with zero attached hydrogens (tertiary/aromatic N) is 2. The topological polar surface area (TPSA) is 53.4 Å². The van der Waals surface area contributed by atoms with Gasteiger partial charge in [0.05, 0.1) is 11.1 Å². The van der Waals surface area contributed by atoms with Crippen LogP contribution in [0.15, 0.2) is 23.4 Å². The van der Waals surface area contributed by atoms with E-state index in [9.17, 15) is 9.90 Å². The highest BCUT2D eigenvalue weighted by molar-refractivity contribution is 7.80. The lowest BCUT2D eigenvalue weighted by Gasteiger charge is -2.21. The lowest BCUT2D eigenvalue weighted by Crippen LogP contribution is -2.34. The number of hydrogen-bond donors (Lipinski definition) is 2. The van der Waals surface area contributed by atoms with E-state index in [2.05, 4.69) is 17.6 Å². The fraction of sp³-hybridized carbons (Fsp3) is 0.455. The van der Waals surface area contributed by atoms with E-state index in [1.807, 2.05) is 6.92 Å². The summed E-state index contributed by atoms with van der Waals surface area (Å²) in [5, 5.41) is 10.0. The molecule has 2 atom stereocenters. The SMILES string of the molecule is CC1CC(O)CN1C(=O)c1ccnc(S)c1. The number of aromatic nitrogens is 1. The summed E-state index contributed by atoms with van der Waals surface area (Å²) >= 11 is 4.10. The molecule has 1 aliphatic heterocycles. The standard InChI is InChI=1S/C11H14N2O2S/c1-7-4-9(14)6-13(7)11(15)8-2-3-12-10(16)5-8/h2-3,5,7,9,14H,4,6H2,1H3,(H,12,16). The number of amides is 1. The van der Waals surface area contributed by atoms with Gasteiger partial charge in [-0.2, -0.15) is 0 Å². The van der Waals surface area contributed by atoms with Crippen LogP contribution in [0.4, 0.5) is 0 Å². The van der Waals surface area contributed by atoms with Crippen LogP contribution in [-0.4, -0.2) is 39.6 Å². The summed E-state index contributed by atoms with van der Waals surface area (Å²) in [5.74, 6) is -0.0678. The molecule has 1 N–H and O–H groups in total. The summed E-state index contributed by atoms with van der Waals surface area (Å²) in [5.41, 5.74) is 0.570. The van der Waals surface area contributed by atoms with Crippen molar-refractivity contribution in [1.29, 1.82) is 0 Å². The molecule has 0 bridgehead atoms. The minimum absolute atomic E-state index is 0.0678. The zero-order valence-corrected chi connectivity index (χ0v) is 9.89. The molecule has 1 saturated heterocycles. The van der Waals surface area contributed by atoms with Crippen LogP contribution in [0, 0.1) is 0 Å². The number of β-amino-alcohol motifs (C(OH)–C–C–N with tert-alkyl or cyclic N) is 1. The number of rotatable bonds is 1. The molecule has 86 valence electrons. The Labute approximate surface area is 99.7 Å². The lowest BCUT2D eigenvalue weighted by atomic mass is 10.2. The first kappa shape index (κ1) is 11.4. The average Bonchev–Trinajstić information content (AvgIpc) is 2.57. The Kier molecular flexibility index (Phi) is 3.16. The summed E-state index contributed by atoms with van der Waals surface area (Å²) in [7, 11) is 0. The lowest BCUT2D eigenvalue weighted by molar-refractivity contribution is 0.0725. The predicted molar refractivity (Wildman–Crippen MR) is 62.6 cm³/mol. The van der Waals surface area contributed by atoms with Crippen molar-refractivity contribution in [3.63, 3.8) is 0 Å². The molecule has 1 amide bonds. The minimum Gasteiger partial charge on any atom is -0.391 e. The Morgan fingerprint density at radius 2 is 2.44 bits per heavy atom. The van der Waals surface area contributed by atoms with Gasteiger partial charge < -0.3 is 10.0 Å². The Bertz CT molecular complexity index is 411. The number of likely N-dealkylation sites (tertiary alicyclic amines) is 1. The molecule has 0 aliphatic carbocycles.